The molecule has 190 valence electrons. The Bertz CT molecular complexity index is 2070. The van der Waals surface area contributed by atoms with Gasteiger partial charge in [-0.15, -0.1) is 11.3 Å². The summed E-state index contributed by atoms with van der Waals surface area (Å²) in [5, 5.41) is 6.93. The van der Waals surface area contributed by atoms with Gasteiger partial charge in [0.25, 0.3) is 0 Å². The number of aromatic nitrogens is 2. The number of aliphatic imine (C=N–C) groups is 1. The lowest BCUT2D eigenvalue weighted by Gasteiger charge is -2.26. The largest absolute Gasteiger partial charge is 0.345 e. The summed E-state index contributed by atoms with van der Waals surface area (Å²) in [6.07, 6.45) is 2.12. The van der Waals surface area contributed by atoms with Crippen LogP contribution in [0.1, 0.15) is 17.2 Å². The highest BCUT2D eigenvalue weighted by molar-refractivity contribution is 7.21. The Morgan fingerprint density at radius 2 is 1.32 bits per heavy atom. The first-order valence-corrected chi connectivity index (χ1v) is 14.2. The maximum atomic E-state index is 5.28. The number of amidine groups is 1. The summed E-state index contributed by atoms with van der Waals surface area (Å²) in [5.74, 6) is 0.869. The number of nitrogens with zero attached hydrogens (tertiary/aromatic N) is 3. The van der Waals surface area contributed by atoms with E-state index >= 15 is 0 Å². The fraction of sp³-hybridized carbons (Fsp3) is 0.0286. The quantitative estimate of drug-likeness (QED) is 0.246. The first kappa shape index (κ1) is 22.9. The van der Waals surface area contributed by atoms with Gasteiger partial charge in [-0.3, -0.25) is 4.99 Å². The van der Waals surface area contributed by atoms with Crippen molar-refractivity contribution >= 4 is 54.9 Å². The van der Waals surface area contributed by atoms with E-state index in [0.717, 1.165) is 49.8 Å². The van der Waals surface area contributed by atoms with Crippen LogP contribution in [0.4, 0.5) is 0 Å². The lowest BCUT2D eigenvalue weighted by molar-refractivity contribution is 0.845. The van der Waals surface area contributed by atoms with Gasteiger partial charge in [-0.1, -0.05) is 109 Å². The van der Waals surface area contributed by atoms with E-state index in [0.29, 0.717) is 0 Å². The highest BCUT2D eigenvalue weighted by Crippen LogP contribution is 2.43. The number of nitrogens with one attached hydrogen (secondary N) is 1. The molecule has 4 nitrogen and oxygen atoms in total. The summed E-state index contributed by atoms with van der Waals surface area (Å²) in [4.78, 5) is 10.5. The van der Waals surface area contributed by atoms with Crippen molar-refractivity contribution in [1.82, 2.24) is 14.9 Å². The van der Waals surface area contributed by atoms with E-state index in [-0.39, 0.29) is 6.04 Å². The van der Waals surface area contributed by atoms with Crippen molar-refractivity contribution < 1.29 is 0 Å². The van der Waals surface area contributed by atoms with Gasteiger partial charge in [0.05, 0.1) is 26.9 Å². The molecule has 1 unspecified atom stereocenters. The minimum atomic E-state index is -0.178. The highest BCUT2D eigenvalue weighted by Gasteiger charge is 2.27. The molecule has 1 atom stereocenters. The molecule has 0 saturated heterocycles. The normalized spacial score (nSPS) is 15.2. The molecule has 0 saturated carbocycles. The molecule has 5 heteroatoms. The molecule has 5 aromatic carbocycles. The molecule has 0 bridgehead atoms. The van der Waals surface area contributed by atoms with Crippen LogP contribution < -0.4 is 5.32 Å². The number of rotatable bonds is 4. The Morgan fingerprint density at radius 3 is 2.10 bits per heavy atom. The van der Waals surface area contributed by atoms with E-state index in [1.54, 1.807) is 11.3 Å². The molecule has 1 N–H and O–H groups in total. The van der Waals surface area contributed by atoms with Gasteiger partial charge in [0.2, 0.25) is 0 Å². The Morgan fingerprint density at radius 1 is 0.650 bits per heavy atom. The number of hydrogen-bond acceptors (Lipinski definition) is 4. The third-order valence-corrected chi connectivity index (χ3v) is 8.60. The highest BCUT2D eigenvalue weighted by atomic mass is 32.1. The summed E-state index contributed by atoms with van der Waals surface area (Å²) in [6, 6.07) is 44.2. The zero-order valence-corrected chi connectivity index (χ0v) is 22.3. The zero-order valence-electron chi connectivity index (χ0n) is 21.5. The van der Waals surface area contributed by atoms with Crippen molar-refractivity contribution in [2.45, 2.75) is 6.04 Å². The van der Waals surface area contributed by atoms with Crippen LogP contribution in [0, 0.1) is 0 Å². The van der Waals surface area contributed by atoms with Crippen LogP contribution in [-0.4, -0.2) is 15.4 Å². The lowest BCUT2D eigenvalue weighted by atomic mass is 10.0. The Balaban J connectivity index is 1.37. The Kier molecular flexibility index (Phi) is 5.35. The fourth-order valence-corrected chi connectivity index (χ4v) is 6.68. The van der Waals surface area contributed by atoms with E-state index in [9.17, 15) is 0 Å². The summed E-state index contributed by atoms with van der Waals surface area (Å²) >= 11 is 1.74. The third-order valence-electron chi connectivity index (χ3n) is 7.53. The topological polar surface area (TPSA) is 42.2 Å². The second-order valence-electron chi connectivity index (χ2n) is 9.91. The minimum absolute atomic E-state index is 0.178. The summed E-state index contributed by atoms with van der Waals surface area (Å²) < 4.78 is 3.55. The maximum absolute atomic E-state index is 5.28. The fourth-order valence-electron chi connectivity index (χ4n) is 5.70. The van der Waals surface area contributed by atoms with Crippen LogP contribution in [-0.2, 0) is 0 Å². The number of benzene rings is 5. The smallest absolute Gasteiger partial charge is 0.133 e. The average Bonchev–Trinajstić information content (AvgIpc) is 3.62. The van der Waals surface area contributed by atoms with Crippen LogP contribution in [0.5, 0.6) is 0 Å². The number of fused-ring (bicyclic) bond motifs is 5. The molecule has 1 aliphatic rings. The van der Waals surface area contributed by atoms with Crippen LogP contribution in [0.25, 0.3) is 48.3 Å². The van der Waals surface area contributed by atoms with Crippen LogP contribution in [0.2, 0.25) is 0 Å². The molecule has 0 aliphatic carbocycles. The van der Waals surface area contributed by atoms with Crippen molar-refractivity contribution in [3.63, 3.8) is 0 Å². The average molecular weight is 533 g/mol. The van der Waals surface area contributed by atoms with Gasteiger partial charge in [-0.2, -0.15) is 0 Å². The van der Waals surface area contributed by atoms with Crippen molar-refractivity contribution in [3.8, 4) is 10.6 Å². The molecule has 0 amide bonds. The van der Waals surface area contributed by atoms with E-state index in [1.807, 2.05) is 24.3 Å². The monoisotopic (exact) mass is 532 g/mol. The van der Waals surface area contributed by atoms with E-state index in [1.165, 1.54) is 15.5 Å². The second kappa shape index (κ2) is 9.33. The molecule has 3 heterocycles. The molecular formula is C35H24N4S. The predicted octanol–water partition coefficient (Wildman–Crippen LogP) is 8.66. The molecule has 8 rings (SSSR count). The minimum Gasteiger partial charge on any atom is -0.345 e. The van der Waals surface area contributed by atoms with E-state index < -0.39 is 0 Å². The van der Waals surface area contributed by atoms with Gasteiger partial charge < -0.3 is 9.88 Å². The standard InChI is InChI=1S/C35H24N4S/c1-4-12-23(13-5-1)32-29(22-36-34(37-32)24-14-6-2-7-15-24)39-27-19-11-10-18-26(27)31-28(39)20-21-30-33(31)38-35(40-30)25-16-8-3-9-17-25/h1-22,32H,(H,36,37). The zero-order chi connectivity index (χ0) is 26.5. The molecule has 0 radical (unpaired) electrons. The molecule has 0 fully saturated rings. The summed E-state index contributed by atoms with van der Waals surface area (Å²) in [5.41, 5.74) is 7.76. The SMILES string of the molecule is C1=C(n2c3ccccc3c3c4nc(-c5ccccc5)sc4ccc32)C(c2ccccc2)N=C(c2ccccc2)N1. The van der Waals surface area contributed by atoms with Crippen LogP contribution in [0.15, 0.2) is 139 Å². The van der Waals surface area contributed by atoms with E-state index in [2.05, 4.69) is 119 Å². The number of hydrogen-bond donors (Lipinski definition) is 1. The number of thiazole rings is 1. The first-order valence-electron chi connectivity index (χ1n) is 13.4. The van der Waals surface area contributed by atoms with Gasteiger partial charge >= 0.3 is 0 Å². The number of para-hydroxylation sites is 1. The summed E-state index contributed by atoms with van der Waals surface area (Å²) in [7, 11) is 0. The lowest BCUT2D eigenvalue weighted by Crippen LogP contribution is -2.26. The van der Waals surface area contributed by atoms with Gasteiger partial charge in [-0.25, -0.2) is 4.98 Å². The Hall–Kier alpha value is -5.00. The van der Waals surface area contributed by atoms with Crippen molar-refractivity contribution in [3.05, 3.63) is 145 Å². The van der Waals surface area contributed by atoms with Crippen LogP contribution in [0.3, 0.4) is 0 Å². The molecule has 2 aromatic heterocycles. The van der Waals surface area contributed by atoms with Crippen molar-refractivity contribution in [1.29, 1.82) is 0 Å². The first-order chi connectivity index (χ1) is 19.8. The van der Waals surface area contributed by atoms with Gasteiger partial charge in [0.1, 0.15) is 16.9 Å². The summed E-state index contributed by atoms with van der Waals surface area (Å²) in [6.45, 7) is 0. The molecule has 7 aromatic rings. The van der Waals surface area contributed by atoms with Crippen molar-refractivity contribution in [2.24, 2.45) is 4.99 Å². The maximum Gasteiger partial charge on any atom is 0.133 e. The molecule has 1 aliphatic heterocycles. The van der Waals surface area contributed by atoms with Gasteiger partial charge in [0.15, 0.2) is 0 Å². The third kappa shape index (κ3) is 3.67. The predicted molar refractivity (Wildman–Crippen MR) is 168 cm³/mol. The molecular weight excluding hydrogens is 508 g/mol. The second-order valence-corrected chi connectivity index (χ2v) is 10.9. The van der Waals surface area contributed by atoms with Crippen molar-refractivity contribution in [2.75, 3.05) is 0 Å². The Labute approximate surface area is 235 Å². The van der Waals surface area contributed by atoms with Gasteiger partial charge in [0, 0.05) is 28.1 Å². The molecule has 0 spiro atoms. The van der Waals surface area contributed by atoms with Crippen LogP contribution >= 0.6 is 11.3 Å². The molecule has 40 heavy (non-hydrogen) atoms. The van der Waals surface area contributed by atoms with E-state index in [4.69, 9.17) is 9.98 Å². The van der Waals surface area contributed by atoms with Gasteiger partial charge in [-0.05, 0) is 23.8 Å².